The maximum atomic E-state index is 12.2. The average Bonchev–Trinajstić information content (AvgIpc) is 2.76. The molecule has 0 radical (unpaired) electrons. The molecule has 7 heteroatoms. The molecule has 0 atom stereocenters. The Balaban J connectivity index is 1.56. The van der Waals surface area contributed by atoms with E-state index in [0.717, 1.165) is 22.3 Å². The number of carbonyl (C=O) groups excluding carboxylic acids is 2. The van der Waals surface area contributed by atoms with Gasteiger partial charge in [-0.15, -0.1) is 0 Å². The minimum atomic E-state index is -0.635. The lowest BCUT2D eigenvalue weighted by Crippen LogP contribution is -2.22. The Kier molecular flexibility index (Phi) is 6.77. The monoisotopic (exact) mass is 418 g/mol. The van der Waals surface area contributed by atoms with Gasteiger partial charge in [-0.2, -0.15) is 0 Å². The van der Waals surface area contributed by atoms with Crippen molar-refractivity contribution in [2.45, 2.75) is 20.3 Å². The molecular weight excluding hydrogens is 396 g/mol. The topological polar surface area (TPSA) is 98.5 Å². The SMILES string of the molecule is Cc1ccc([N+](=O)[O-])c(NC(=O)COC(=O)Cc2ccc(-c3ccccc3)cc2)c1C. The molecule has 0 aromatic heterocycles. The molecule has 0 saturated carbocycles. The minimum Gasteiger partial charge on any atom is -0.455 e. The number of benzene rings is 3. The highest BCUT2D eigenvalue weighted by molar-refractivity contribution is 5.96. The molecule has 1 amide bonds. The van der Waals surface area contributed by atoms with E-state index in [0.29, 0.717) is 5.56 Å². The standard InChI is InChI=1S/C24H22N2O5/c1-16-8-13-21(26(29)30)24(17(16)2)25-22(27)15-31-23(28)14-18-9-11-20(12-10-18)19-6-4-3-5-7-19/h3-13H,14-15H2,1-2H3,(H,25,27). The molecule has 7 nitrogen and oxygen atoms in total. The zero-order valence-corrected chi connectivity index (χ0v) is 17.3. The highest BCUT2D eigenvalue weighted by Gasteiger charge is 2.20. The first kappa shape index (κ1) is 21.7. The summed E-state index contributed by atoms with van der Waals surface area (Å²) in [5.74, 6) is -1.19. The Bertz CT molecular complexity index is 1110. The van der Waals surface area contributed by atoms with Crippen molar-refractivity contribution >= 4 is 23.3 Å². The fourth-order valence-corrected chi connectivity index (χ4v) is 3.10. The Morgan fingerprint density at radius 2 is 1.58 bits per heavy atom. The summed E-state index contributed by atoms with van der Waals surface area (Å²) in [7, 11) is 0. The van der Waals surface area contributed by atoms with E-state index < -0.39 is 23.4 Å². The predicted molar refractivity (Wildman–Crippen MR) is 118 cm³/mol. The van der Waals surface area contributed by atoms with E-state index >= 15 is 0 Å². The number of aryl methyl sites for hydroxylation is 1. The van der Waals surface area contributed by atoms with Crippen molar-refractivity contribution < 1.29 is 19.2 Å². The summed E-state index contributed by atoms with van der Waals surface area (Å²) in [6, 6.07) is 20.3. The van der Waals surface area contributed by atoms with Gasteiger partial charge in [-0.25, -0.2) is 0 Å². The van der Waals surface area contributed by atoms with Crippen LogP contribution in [-0.2, 0) is 20.7 Å². The zero-order valence-electron chi connectivity index (χ0n) is 17.3. The molecule has 0 saturated heterocycles. The van der Waals surface area contributed by atoms with Gasteiger partial charge in [0.05, 0.1) is 11.3 Å². The van der Waals surface area contributed by atoms with Crippen molar-refractivity contribution in [2.24, 2.45) is 0 Å². The van der Waals surface area contributed by atoms with E-state index in [1.807, 2.05) is 54.6 Å². The maximum absolute atomic E-state index is 12.2. The van der Waals surface area contributed by atoms with Crippen molar-refractivity contribution in [1.29, 1.82) is 0 Å². The average molecular weight is 418 g/mol. The van der Waals surface area contributed by atoms with Crippen molar-refractivity contribution in [1.82, 2.24) is 0 Å². The number of amides is 1. The van der Waals surface area contributed by atoms with Gasteiger partial charge >= 0.3 is 5.97 Å². The number of hydrogen-bond donors (Lipinski definition) is 1. The summed E-state index contributed by atoms with van der Waals surface area (Å²) in [6.07, 6.45) is 0.0198. The van der Waals surface area contributed by atoms with Crippen LogP contribution in [0.15, 0.2) is 66.7 Å². The number of nitro benzene ring substituents is 1. The molecule has 0 aliphatic rings. The van der Waals surface area contributed by atoms with Gasteiger partial charge in [0.15, 0.2) is 6.61 Å². The normalized spacial score (nSPS) is 10.4. The molecule has 0 spiro atoms. The molecule has 0 aliphatic carbocycles. The highest BCUT2D eigenvalue weighted by atomic mass is 16.6. The third-order valence-corrected chi connectivity index (χ3v) is 4.95. The molecular formula is C24H22N2O5. The van der Waals surface area contributed by atoms with Crippen LogP contribution in [0.4, 0.5) is 11.4 Å². The number of nitrogens with one attached hydrogen (secondary N) is 1. The van der Waals surface area contributed by atoms with Gasteiger partial charge in [0, 0.05) is 6.07 Å². The predicted octanol–water partition coefficient (Wildman–Crippen LogP) is 4.60. The highest BCUT2D eigenvalue weighted by Crippen LogP contribution is 2.30. The fraction of sp³-hybridized carbons (Fsp3) is 0.167. The zero-order chi connectivity index (χ0) is 22.4. The molecule has 0 heterocycles. The van der Waals surface area contributed by atoms with Crippen molar-refractivity contribution in [3.63, 3.8) is 0 Å². The van der Waals surface area contributed by atoms with Gasteiger partial charge in [-0.3, -0.25) is 19.7 Å². The van der Waals surface area contributed by atoms with Crippen LogP contribution in [0.25, 0.3) is 11.1 Å². The summed E-state index contributed by atoms with van der Waals surface area (Å²) in [5, 5.41) is 13.7. The van der Waals surface area contributed by atoms with E-state index in [4.69, 9.17) is 4.74 Å². The number of esters is 1. The molecule has 0 unspecified atom stereocenters. The van der Waals surface area contributed by atoms with E-state index in [1.54, 1.807) is 19.9 Å². The molecule has 3 aromatic rings. The van der Waals surface area contributed by atoms with E-state index in [-0.39, 0.29) is 17.8 Å². The molecule has 0 fully saturated rings. The van der Waals surface area contributed by atoms with Crippen molar-refractivity contribution in [2.75, 3.05) is 11.9 Å². The van der Waals surface area contributed by atoms with Crippen LogP contribution in [0.2, 0.25) is 0 Å². The lowest BCUT2D eigenvalue weighted by atomic mass is 10.0. The van der Waals surface area contributed by atoms with Gasteiger partial charge in [0.2, 0.25) is 0 Å². The van der Waals surface area contributed by atoms with Gasteiger partial charge < -0.3 is 10.1 Å². The lowest BCUT2D eigenvalue weighted by Gasteiger charge is -2.11. The Morgan fingerprint density at radius 1 is 0.935 bits per heavy atom. The van der Waals surface area contributed by atoms with Gasteiger partial charge in [0.1, 0.15) is 5.69 Å². The number of hydrogen-bond acceptors (Lipinski definition) is 5. The number of nitrogens with zero attached hydrogens (tertiary/aromatic N) is 1. The van der Waals surface area contributed by atoms with E-state index in [9.17, 15) is 19.7 Å². The number of anilines is 1. The third-order valence-electron chi connectivity index (χ3n) is 4.95. The van der Waals surface area contributed by atoms with Crippen LogP contribution < -0.4 is 5.32 Å². The molecule has 31 heavy (non-hydrogen) atoms. The third kappa shape index (κ3) is 5.54. The first-order chi connectivity index (χ1) is 14.8. The number of nitro groups is 1. The number of carbonyl (C=O) groups is 2. The van der Waals surface area contributed by atoms with Gasteiger partial charge in [-0.1, -0.05) is 60.7 Å². The maximum Gasteiger partial charge on any atom is 0.310 e. The van der Waals surface area contributed by atoms with Crippen molar-refractivity contribution in [3.05, 3.63) is 93.5 Å². The summed E-state index contributed by atoms with van der Waals surface area (Å²) in [6.45, 7) is 2.95. The molecule has 3 aromatic carbocycles. The quantitative estimate of drug-likeness (QED) is 0.343. The largest absolute Gasteiger partial charge is 0.455 e. The second-order valence-corrected chi connectivity index (χ2v) is 7.11. The molecule has 1 N–H and O–H groups in total. The number of rotatable bonds is 7. The molecule has 0 bridgehead atoms. The Hall–Kier alpha value is -4.00. The van der Waals surface area contributed by atoms with E-state index in [1.165, 1.54) is 6.07 Å². The first-order valence-electron chi connectivity index (χ1n) is 9.69. The Labute approximate surface area is 179 Å². The smallest absolute Gasteiger partial charge is 0.310 e. The second kappa shape index (κ2) is 9.67. The van der Waals surface area contributed by atoms with Crippen LogP contribution in [0.5, 0.6) is 0 Å². The molecule has 3 rings (SSSR count). The number of ether oxygens (including phenoxy) is 1. The van der Waals surface area contributed by atoms with Crippen LogP contribution in [0.3, 0.4) is 0 Å². The van der Waals surface area contributed by atoms with Gasteiger partial charge in [0.25, 0.3) is 11.6 Å². The van der Waals surface area contributed by atoms with Gasteiger partial charge in [-0.05, 0) is 41.7 Å². The second-order valence-electron chi connectivity index (χ2n) is 7.11. The van der Waals surface area contributed by atoms with E-state index in [2.05, 4.69) is 5.32 Å². The van der Waals surface area contributed by atoms with Crippen LogP contribution in [-0.4, -0.2) is 23.4 Å². The molecule has 158 valence electrons. The summed E-state index contributed by atoms with van der Waals surface area (Å²) < 4.78 is 5.04. The first-order valence-corrected chi connectivity index (χ1v) is 9.69. The minimum absolute atomic E-state index is 0.0198. The summed E-state index contributed by atoms with van der Waals surface area (Å²) in [5.41, 5.74) is 4.17. The molecule has 0 aliphatic heterocycles. The van der Waals surface area contributed by atoms with Crippen LogP contribution in [0, 0.1) is 24.0 Å². The van der Waals surface area contributed by atoms with Crippen LogP contribution in [0.1, 0.15) is 16.7 Å². The Morgan fingerprint density at radius 3 is 2.23 bits per heavy atom. The summed E-state index contributed by atoms with van der Waals surface area (Å²) >= 11 is 0. The van der Waals surface area contributed by atoms with Crippen molar-refractivity contribution in [3.8, 4) is 11.1 Å². The summed E-state index contributed by atoms with van der Waals surface area (Å²) in [4.78, 5) is 35.0. The van der Waals surface area contributed by atoms with Crippen LogP contribution >= 0.6 is 0 Å². The lowest BCUT2D eigenvalue weighted by molar-refractivity contribution is -0.384. The fourth-order valence-electron chi connectivity index (χ4n) is 3.10.